The molecule has 0 aliphatic heterocycles. The highest BCUT2D eigenvalue weighted by Crippen LogP contribution is 2.67. The fraction of sp³-hybridized carbons (Fsp3) is 0.721. The molecule has 4 fully saturated rings. The molecule has 0 saturated heterocycles. The van der Waals surface area contributed by atoms with Crippen molar-refractivity contribution in [3.8, 4) is 0 Å². The van der Waals surface area contributed by atoms with Crippen LogP contribution in [0.5, 0.6) is 0 Å². The van der Waals surface area contributed by atoms with E-state index in [0.29, 0.717) is 25.7 Å². The lowest BCUT2D eigenvalue weighted by atomic mass is 9.46. The number of esters is 4. The van der Waals surface area contributed by atoms with Crippen LogP contribution in [0.1, 0.15) is 126 Å². The quantitative estimate of drug-likeness (QED) is 0.150. The molecule has 0 amide bonds. The Kier molecular flexibility index (Phi) is 11.9. The summed E-state index contributed by atoms with van der Waals surface area (Å²) in [7, 11) is 0. The molecule has 12 heteroatoms. The average molecular weight is 767 g/mol. The Morgan fingerprint density at radius 1 is 0.836 bits per heavy atom. The lowest BCUT2D eigenvalue weighted by Gasteiger charge is -2.57. The van der Waals surface area contributed by atoms with E-state index in [1.807, 2.05) is 33.8 Å². The van der Waals surface area contributed by atoms with Gasteiger partial charge >= 0.3 is 23.9 Å². The molecule has 0 N–H and O–H groups in total. The first kappa shape index (κ1) is 42.2. The maximum atomic E-state index is 14.3. The molecule has 0 aromatic rings. The summed E-state index contributed by atoms with van der Waals surface area (Å²) in [6, 6.07) is 0. The molecule has 55 heavy (non-hydrogen) atoms. The van der Waals surface area contributed by atoms with Gasteiger partial charge in [0.2, 0.25) is 11.6 Å². The highest BCUT2D eigenvalue weighted by Gasteiger charge is 2.71. The zero-order valence-corrected chi connectivity index (χ0v) is 33.7. The molecule has 302 valence electrons. The van der Waals surface area contributed by atoms with E-state index in [4.69, 9.17) is 18.9 Å². The van der Waals surface area contributed by atoms with E-state index in [1.54, 1.807) is 6.08 Å². The largest absolute Gasteiger partial charge is 0.458 e. The molecule has 5 aliphatic rings. The summed E-state index contributed by atoms with van der Waals surface area (Å²) >= 11 is 0. The smallest absolute Gasteiger partial charge is 0.306 e. The Bertz CT molecular complexity index is 1710. The van der Waals surface area contributed by atoms with Gasteiger partial charge in [0.05, 0.1) is 0 Å². The predicted octanol–water partition coefficient (Wildman–Crippen LogP) is 5.95. The summed E-state index contributed by atoms with van der Waals surface area (Å²) in [5, 5.41) is 0. The minimum Gasteiger partial charge on any atom is -0.458 e. The highest BCUT2D eigenvalue weighted by molar-refractivity contribution is 6.02. The van der Waals surface area contributed by atoms with Crippen molar-refractivity contribution in [2.24, 2.45) is 45.8 Å². The van der Waals surface area contributed by atoms with E-state index in [1.165, 1.54) is 26.8 Å². The lowest BCUT2D eigenvalue weighted by molar-refractivity contribution is -0.193. The zero-order chi connectivity index (χ0) is 40.7. The summed E-state index contributed by atoms with van der Waals surface area (Å²) < 4.78 is 22.5. The van der Waals surface area contributed by atoms with Crippen LogP contribution in [-0.4, -0.2) is 71.4 Å². The number of ketones is 4. The van der Waals surface area contributed by atoms with Crippen LogP contribution >= 0.6 is 0 Å². The fourth-order valence-corrected chi connectivity index (χ4v) is 11.9. The Morgan fingerprint density at radius 2 is 1.45 bits per heavy atom. The summed E-state index contributed by atoms with van der Waals surface area (Å²) in [6.45, 7) is 12.4. The third-order valence-electron chi connectivity index (χ3n) is 14.7. The van der Waals surface area contributed by atoms with Crippen LogP contribution < -0.4 is 0 Å². The molecule has 5 rings (SSSR count). The van der Waals surface area contributed by atoms with Crippen molar-refractivity contribution in [3.63, 3.8) is 0 Å². The number of rotatable bonds is 14. The van der Waals surface area contributed by atoms with E-state index in [-0.39, 0.29) is 73.8 Å². The molecule has 0 radical (unpaired) electrons. The monoisotopic (exact) mass is 766 g/mol. The Labute approximate surface area is 323 Å². The maximum Gasteiger partial charge on any atom is 0.306 e. The minimum absolute atomic E-state index is 0.0212. The molecule has 10 unspecified atom stereocenters. The number of hydrogen-bond donors (Lipinski definition) is 0. The van der Waals surface area contributed by atoms with E-state index in [0.717, 1.165) is 12.0 Å². The van der Waals surface area contributed by atoms with Crippen LogP contribution in [0.25, 0.3) is 0 Å². The molecule has 0 spiro atoms. The number of Topliss-reactive ketones (excluding diaryl/α,β-unsaturated/α-hetero) is 3. The first-order valence-corrected chi connectivity index (χ1v) is 19.9. The molecule has 0 aromatic heterocycles. The summed E-state index contributed by atoms with van der Waals surface area (Å²) in [5.41, 5.74) is -4.98. The van der Waals surface area contributed by atoms with Crippen molar-refractivity contribution in [1.29, 1.82) is 0 Å². The van der Waals surface area contributed by atoms with Crippen molar-refractivity contribution >= 4 is 47.0 Å². The number of fused-ring (bicyclic) bond motifs is 5. The van der Waals surface area contributed by atoms with Gasteiger partial charge < -0.3 is 18.9 Å². The second kappa shape index (κ2) is 15.5. The topological polar surface area (TPSA) is 173 Å². The third-order valence-corrected chi connectivity index (χ3v) is 14.7. The number of carbonyl (C=O) groups excluding carboxylic acids is 8. The van der Waals surface area contributed by atoms with Gasteiger partial charge in [0, 0.05) is 55.8 Å². The van der Waals surface area contributed by atoms with Crippen LogP contribution in [0.3, 0.4) is 0 Å². The van der Waals surface area contributed by atoms with E-state index in [2.05, 4.69) is 6.92 Å². The molecular formula is C43H58O12. The Hall–Kier alpha value is -3.96. The summed E-state index contributed by atoms with van der Waals surface area (Å²) in [6.07, 6.45) is 8.98. The fourth-order valence-electron chi connectivity index (χ4n) is 11.9. The molecule has 5 aliphatic carbocycles. The van der Waals surface area contributed by atoms with Crippen molar-refractivity contribution in [2.45, 2.75) is 137 Å². The molecule has 0 heterocycles. The van der Waals surface area contributed by atoms with Gasteiger partial charge in [-0.1, -0.05) is 52.7 Å². The average Bonchev–Trinajstić information content (AvgIpc) is 3.56. The van der Waals surface area contributed by atoms with Gasteiger partial charge in [-0.15, -0.1) is 0 Å². The standard InChI is InChI=1S/C43H58O12/c1-9-25(2)32-15-19-42(54-28(5)46,35(49)23-52-26(3)44)40(32,7)17-10-11-37(51)55-43(36(50)24-53-27(4)45)20-16-33-31-13-12-29-21-30(47)14-18-39(29,6)38(31)34(48)22-41(33,43)8/h14,18,21,25,31-33,38H,9-13,15-17,19-20,22-24H2,1-8H3. The summed E-state index contributed by atoms with van der Waals surface area (Å²) in [4.78, 5) is 105. The number of hydrogen-bond acceptors (Lipinski definition) is 12. The van der Waals surface area contributed by atoms with Crippen LogP contribution in [0.4, 0.5) is 0 Å². The van der Waals surface area contributed by atoms with Gasteiger partial charge in [-0.25, -0.2) is 0 Å². The molecule has 4 saturated carbocycles. The maximum absolute atomic E-state index is 14.3. The van der Waals surface area contributed by atoms with Gasteiger partial charge in [-0.2, -0.15) is 0 Å². The normalized spacial score (nSPS) is 36.8. The van der Waals surface area contributed by atoms with E-state index >= 15 is 0 Å². The number of allylic oxidation sites excluding steroid dienone is 4. The van der Waals surface area contributed by atoms with Gasteiger partial charge in [0.15, 0.2) is 30.2 Å². The number of carbonyl (C=O) groups is 8. The van der Waals surface area contributed by atoms with Gasteiger partial charge in [0.25, 0.3) is 0 Å². The van der Waals surface area contributed by atoms with Crippen LogP contribution in [0, 0.1) is 45.8 Å². The van der Waals surface area contributed by atoms with Crippen LogP contribution in [0.2, 0.25) is 0 Å². The van der Waals surface area contributed by atoms with Crippen LogP contribution in [-0.2, 0) is 57.3 Å². The minimum atomic E-state index is -1.72. The van der Waals surface area contributed by atoms with Gasteiger partial charge in [0.1, 0.15) is 5.78 Å². The molecule has 0 bridgehead atoms. The third kappa shape index (κ3) is 7.16. The Morgan fingerprint density at radius 3 is 2.05 bits per heavy atom. The van der Waals surface area contributed by atoms with Gasteiger partial charge in [-0.05, 0) is 87.2 Å². The van der Waals surface area contributed by atoms with Crippen LogP contribution in [0.15, 0.2) is 23.8 Å². The molecule has 12 nitrogen and oxygen atoms in total. The number of ether oxygens (including phenoxy) is 4. The SMILES string of the molecule is CCC(C)C1CCC(OC(C)=O)(C(=O)COC(C)=O)C1(C)CCCC(=O)OC1(C(=O)COC(C)=O)CCC2C3CCC4=CC(=O)C=CC4(C)C3C(=O)CC21C. The lowest BCUT2D eigenvalue weighted by Crippen LogP contribution is -2.62. The molecular weight excluding hydrogens is 708 g/mol. The highest BCUT2D eigenvalue weighted by atomic mass is 16.6. The van der Waals surface area contributed by atoms with Crippen molar-refractivity contribution in [2.75, 3.05) is 13.2 Å². The first-order chi connectivity index (χ1) is 25.7. The van der Waals surface area contributed by atoms with Crippen molar-refractivity contribution in [1.82, 2.24) is 0 Å². The first-order valence-electron chi connectivity index (χ1n) is 19.9. The van der Waals surface area contributed by atoms with E-state index in [9.17, 15) is 38.4 Å². The zero-order valence-electron chi connectivity index (χ0n) is 33.7. The predicted molar refractivity (Wildman–Crippen MR) is 198 cm³/mol. The second-order valence-electron chi connectivity index (χ2n) is 17.5. The van der Waals surface area contributed by atoms with Gasteiger partial charge in [-0.3, -0.25) is 38.4 Å². The van der Waals surface area contributed by atoms with E-state index < -0.39 is 82.0 Å². The Balaban J connectivity index is 1.42. The summed E-state index contributed by atoms with van der Waals surface area (Å²) in [5.74, 6) is -4.41. The van der Waals surface area contributed by atoms with Crippen molar-refractivity contribution in [3.05, 3.63) is 23.8 Å². The molecule has 0 aromatic carbocycles. The molecule has 10 atom stereocenters. The second-order valence-corrected chi connectivity index (χ2v) is 17.5. The van der Waals surface area contributed by atoms with Crippen molar-refractivity contribution < 1.29 is 57.3 Å².